The maximum Gasteiger partial charge on any atom is 0.254 e. The van der Waals surface area contributed by atoms with Gasteiger partial charge in [-0.05, 0) is 77.1 Å². The van der Waals surface area contributed by atoms with Gasteiger partial charge in [-0.3, -0.25) is 4.79 Å². The van der Waals surface area contributed by atoms with E-state index >= 15 is 0 Å². The lowest BCUT2D eigenvalue weighted by molar-refractivity contribution is 0.0703. The standard InChI is InChI=1S/C21H21N5O2/c1-28-20-6-3-15(4-7-20)16-9-17(11-19(10-16)26-13-22-23-24-26)21(27)25-12-14-2-5-18(25)8-14/h3-4,6-7,9-11,13-14,18H,2,5,8,12H2,1H3/t14-,18-/m0/s1. The number of fused-ring (bicyclic) bond motifs is 2. The van der Waals surface area contributed by atoms with Crippen LogP contribution in [0.25, 0.3) is 16.8 Å². The van der Waals surface area contributed by atoms with Crippen LogP contribution >= 0.6 is 0 Å². The first-order valence-corrected chi connectivity index (χ1v) is 9.55. The quantitative estimate of drug-likeness (QED) is 0.701. The maximum absolute atomic E-state index is 13.3. The summed E-state index contributed by atoms with van der Waals surface area (Å²) in [5, 5.41) is 11.4. The molecule has 2 aromatic carbocycles. The largest absolute Gasteiger partial charge is 0.497 e. The van der Waals surface area contributed by atoms with Crippen molar-refractivity contribution in [2.45, 2.75) is 25.3 Å². The number of piperidine rings is 1. The van der Waals surface area contributed by atoms with Gasteiger partial charge in [-0.15, -0.1) is 5.10 Å². The summed E-state index contributed by atoms with van der Waals surface area (Å²) >= 11 is 0. The molecule has 1 saturated carbocycles. The average Bonchev–Trinajstić information content (AvgIpc) is 3.51. The molecule has 2 heterocycles. The number of nitrogens with zero attached hydrogens (tertiary/aromatic N) is 5. The summed E-state index contributed by atoms with van der Waals surface area (Å²) in [6, 6.07) is 14.0. The fourth-order valence-electron chi connectivity index (χ4n) is 4.44. The van der Waals surface area contributed by atoms with Crippen LogP contribution in [-0.2, 0) is 0 Å². The minimum Gasteiger partial charge on any atom is -0.497 e. The van der Waals surface area contributed by atoms with Crippen LogP contribution < -0.4 is 4.74 Å². The molecule has 2 aliphatic rings. The van der Waals surface area contributed by atoms with Gasteiger partial charge in [0.05, 0.1) is 12.8 Å². The van der Waals surface area contributed by atoms with Crippen molar-refractivity contribution < 1.29 is 9.53 Å². The average molecular weight is 375 g/mol. The lowest BCUT2D eigenvalue weighted by Gasteiger charge is -2.27. The summed E-state index contributed by atoms with van der Waals surface area (Å²) in [6.07, 6.45) is 5.05. The molecule has 0 N–H and O–H groups in total. The molecule has 1 saturated heterocycles. The van der Waals surface area contributed by atoms with Crippen molar-refractivity contribution >= 4 is 5.91 Å². The lowest BCUT2D eigenvalue weighted by Crippen LogP contribution is -2.37. The van der Waals surface area contributed by atoms with Gasteiger partial charge in [-0.1, -0.05) is 12.1 Å². The molecule has 1 aliphatic heterocycles. The molecule has 142 valence electrons. The van der Waals surface area contributed by atoms with E-state index in [0.29, 0.717) is 17.5 Å². The third-order valence-electron chi connectivity index (χ3n) is 5.87. The van der Waals surface area contributed by atoms with E-state index in [9.17, 15) is 4.79 Å². The number of aromatic nitrogens is 4. The Hall–Kier alpha value is -3.22. The highest BCUT2D eigenvalue weighted by Crippen LogP contribution is 2.38. The van der Waals surface area contributed by atoms with Crippen molar-refractivity contribution in [3.05, 3.63) is 54.4 Å². The monoisotopic (exact) mass is 375 g/mol. The van der Waals surface area contributed by atoms with Crippen molar-refractivity contribution in [2.24, 2.45) is 5.92 Å². The number of carbonyl (C=O) groups is 1. The van der Waals surface area contributed by atoms with Crippen LogP contribution in [-0.4, -0.2) is 50.7 Å². The van der Waals surface area contributed by atoms with Crippen molar-refractivity contribution in [3.63, 3.8) is 0 Å². The van der Waals surface area contributed by atoms with Crippen molar-refractivity contribution in [1.82, 2.24) is 25.1 Å². The first-order valence-electron chi connectivity index (χ1n) is 9.55. The van der Waals surface area contributed by atoms with Crippen molar-refractivity contribution in [1.29, 1.82) is 0 Å². The van der Waals surface area contributed by atoms with Crippen LogP contribution in [0.1, 0.15) is 29.6 Å². The van der Waals surface area contributed by atoms with Gasteiger partial charge < -0.3 is 9.64 Å². The number of methoxy groups -OCH3 is 1. The minimum absolute atomic E-state index is 0.0943. The molecule has 2 atom stereocenters. The number of rotatable bonds is 4. The maximum atomic E-state index is 13.3. The van der Waals surface area contributed by atoms with Crippen LogP contribution in [0.15, 0.2) is 48.8 Å². The van der Waals surface area contributed by atoms with E-state index < -0.39 is 0 Å². The highest BCUT2D eigenvalue weighted by Gasteiger charge is 2.40. The second-order valence-corrected chi connectivity index (χ2v) is 7.54. The van der Waals surface area contributed by atoms with E-state index in [4.69, 9.17) is 4.74 Å². The molecule has 0 radical (unpaired) electrons. The van der Waals surface area contributed by atoms with Crippen LogP contribution in [0.5, 0.6) is 5.75 Å². The smallest absolute Gasteiger partial charge is 0.254 e. The third-order valence-corrected chi connectivity index (χ3v) is 5.87. The minimum atomic E-state index is 0.0943. The zero-order valence-electron chi connectivity index (χ0n) is 15.7. The van der Waals surface area contributed by atoms with Gasteiger partial charge in [0.15, 0.2) is 0 Å². The fourth-order valence-corrected chi connectivity index (χ4v) is 4.44. The molecule has 3 aromatic rings. The lowest BCUT2D eigenvalue weighted by atomic mass is 10.0. The van der Waals surface area contributed by atoms with Crippen LogP contribution in [0.4, 0.5) is 0 Å². The Balaban J connectivity index is 1.56. The highest BCUT2D eigenvalue weighted by atomic mass is 16.5. The van der Waals surface area contributed by atoms with Gasteiger partial charge in [0, 0.05) is 18.2 Å². The first-order chi connectivity index (χ1) is 13.7. The fraction of sp³-hybridized carbons (Fsp3) is 0.333. The van der Waals surface area contributed by atoms with Crippen molar-refractivity contribution in [2.75, 3.05) is 13.7 Å². The van der Waals surface area contributed by atoms with Gasteiger partial charge >= 0.3 is 0 Å². The summed E-state index contributed by atoms with van der Waals surface area (Å²) in [6.45, 7) is 0.872. The summed E-state index contributed by atoms with van der Waals surface area (Å²) in [7, 11) is 1.65. The molecule has 2 fully saturated rings. The van der Waals surface area contributed by atoms with Gasteiger partial charge in [-0.25, -0.2) is 4.68 Å². The zero-order valence-corrected chi connectivity index (χ0v) is 15.7. The molecule has 0 spiro atoms. The number of carbonyl (C=O) groups excluding carboxylic acids is 1. The van der Waals surface area contributed by atoms with E-state index in [1.54, 1.807) is 18.1 Å². The molecule has 7 nitrogen and oxygen atoms in total. The number of hydrogen-bond acceptors (Lipinski definition) is 5. The molecule has 5 rings (SSSR count). The van der Waals surface area contributed by atoms with Crippen molar-refractivity contribution in [3.8, 4) is 22.6 Å². The Morgan fingerprint density at radius 1 is 1.11 bits per heavy atom. The molecular weight excluding hydrogens is 354 g/mol. The molecule has 1 aliphatic carbocycles. The molecule has 0 unspecified atom stereocenters. The van der Waals surface area contributed by atoms with E-state index in [1.807, 2.05) is 47.4 Å². The van der Waals surface area contributed by atoms with E-state index in [0.717, 1.165) is 42.0 Å². The zero-order chi connectivity index (χ0) is 19.1. The Morgan fingerprint density at radius 3 is 2.61 bits per heavy atom. The number of amides is 1. The molecule has 2 bridgehead atoms. The SMILES string of the molecule is COc1ccc(-c2cc(C(=O)N3C[C@H]4CC[C@H]3C4)cc(-n3cnnn3)c2)cc1. The number of tetrazole rings is 1. The van der Waals surface area contributed by atoms with Gasteiger partial charge in [0.1, 0.15) is 12.1 Å². The van der Waals surface area contributed by atoms with E-state index in [2.05, 4.69) is 15.5 Å². The Kier molecular flexibility index (Phi) is 4.07. The Morgan fingerprint density at radius 2 is 1.96 bits per heavy atom. The van der Waals surface area contributed by atoms with E-state index in [-0.39, 0.29) is 5.91 Å². The second-order valence-electron chi connectivity index (χ2n) is 7.54. The topological polar surface area (TPSA) is 73.1 Å². The van der Waals surface area contributed by atoms with Crippen LogP contribution in [0, 0.1) is 5.92 Å². The summed E-state index contributed by atoms with van der Waals surface area (Å²) in [5.41, 5.74) is 3.40. The number of benzene rings is 2. The van der Waals surface area contributed by atoms with E-state index in [1.165, 1.54) is 6.42 Å². The third kappa shape index (κ3) is 2.93. The first kappa shape index (κ1) is 16.9. The molecule has 28 heavy (non-hydrogen) atoms. The highest BCUT2D eigenvalue weighted by molar-refractivity contribution is 5.96. The summed E-state index contributed by atoms with van der Waals surface area (Å²) < 4.78 is 6.84. The van der Waals surface area contributed by atoms with Crippen LogP contribution in [0.3, 0.4) is 0 Å². The summed E-state index contributed by atoms with van der Waals surface area (Å²) in [5.74, 6) is 1.55. The second kappa shape index (κ2) is 6.74. The predicted molar refractivity (Wildman–Crippen MR) is 103 cm³/mol. The van der Waals surface area contributed by atoms with Gasteiger partial charge in [0.2, 0.25) is 0 Å². The van der Waals surface area contributed by atoms with Gasteiger partial charge in [-0.2, -0.15) is 0 Å². The molecule has 7 heteroatoms. The Bertz CT molecular complexity index is 1000. The van der Waals surface area contributed by atoms with Gasteiger partial charge in [0.25, 0.3) is 5.91 Å². The molecule has 1 amide bonds. The van der Waals surface area contributed by atoms with Crippen LogP contribution in [0.2, 0.25) is 0 Å². The Labute approximate surface area is 162 Å². The number of hydrogen-bond donors (Lipinski definition) is 0. The summed E-state index contributed by atoms with van der Waals surface area (Å²) in [4.78, 5) is 15.3. The molecule has 1 aromatic heterocycles. The number of ether oxygens (including phenoxy) is 1. The predicted octanol–water partition coefficient (Wildman–Crippen LogP) is 2.96. The molecular formula is C21H21N5O2. The number of likely N-dealkylation sites (tertiary alicyclic amines) is 1. The normalized spacial score (nSPS) is 20.5.